The van der Waals surface area contributed by atoms with Crippen LogP contribution in [-0.2, 0) is 0 Å². The highest BCUT2D eigenvalue weighted by atomic mass is 16.5. The predicted octanol–water partition coefficient (Wildman–Crippen LogP) is 2.40. The number of nitrogens with zero attached hydrogens (tertiary/aromatic N) is 5. The molecule has 0 radical (unpaired) electrons. The average Bonchev–Trinajstić information content (AvgIpc) is 3.41. The number of fused-ring (bicyclic) bond motifs is 2. The van der Waals surface area contributed by atoms with E-state index < -0.39 is 6.35 Å². The molecule has 0 saturated carbocycles. The molecule has 5 rings (SSSR count). The number of para-hydroxylation sites is 1. The van der Waals surface area contributed by atoms with Crippen molar-refractivity contribution in [3.63, 3.8) is 0 Å². The van der Waals surface area contributed by atoms with Crippen LogP contribution in [0.5, 0.6) is 5.75 Å². The molecule has 166 valence electrons. The summed E-state index contributed by atoms with van der Waals surface area (Å²) in [7, 11) is 5.39. The molecule has 4 N–H and O–H groups in total. The lowest BCUT2D eigenvalue weighted by Crippen LogP contribution is -2.46. The number of methoxy groups -OCH3 is 1. The predicted molar refractivity (Wildman–Crippen MR) is 125 cm³/mol. The standard InChI is InChI=1S/C23H27N7O2/c1-28(2)23(31)29-10-7-14(8-11-29)22-27-19(20-21(24)25-9-12-30(20)22)16-13-15-5-4-6-17(32-3)18(15)26-16/h4-7,9,12-13,23,26,31H,8,10-11H2,1-3H3,(H2,24,25). The topological polar surface area (TPSA) is 108 Å². The molecule has 3 aromatic heterocycles. The minimum Gasteiger partial charge on any atom is -0.495 e. The molecule has 0 amide bonds. The molecule has 1 aliphatic rings. The molecule has 0 spiro atoms. The number of anilines is 1. The van der Waals surface area contributed by atoms with Gasteiger partial charge < -0.3 is 20.6 Å². The molecule has 0 fully saturated rings. The zero-order valence-corrected chi connectivity index (χ0v) is 18.4. The van der Waals surface area contributed by atoms with Gasteiger partial charge in [-0.2, -0.15) is 0 Å². The Morgan fingerprint density at radius 3 is 2.88 bits per heavy atom. The van der Waals surface area contributed by atoms with Gasteiger partial charge in [0.1, 0.15) is 28.6 Å². The number of nitrogens with one attached hydrogen (secondary N) is 1. The Hall–Kier alpha value is -3.40. The maximum absolute atomic E-state index is 10.3. The molecule has 32 heavy (non-hydrogen) atoms. The summed E-state index contributed by atoms with van der Waals surface area (Å²) in [5.41, 5.74) is 10.7. The van der Waals surface area contributed by atoms with Gasteiger partial charge in [0, 0.05) is 30.9 Å². The summed E-state index contributed by atoms with van der Waals surface area (Å²) >= 11 is 0. The van der Waals surface area contributed by atoms with Crippen molar-refractivity contribution in [1.29, 1.82) is 0 Å². The van der Waals surface area contributed by atoms with Gasteiger partial charge in [-0.05, 0) is 38.2 Å². The van der Waals surface area contributed by atoms with Crippen molar-refractivity contribution in [2.24, 2.45) is 0 Å². The van der Waals surface area contributed by atoms with E-state index in [4.69, 9.17) is 15.5 Å². The highest BCUT2D eigenvalue weighted by Gasteiger charge is 2.25. The third-order valence-corrected chi connectivity index (χ3v) is 5.99. The number of hydrogen-bond acceptors (Lipinski definition) is 7. The van der Waals surface area contributed by atoms with Gasteiger partial charge in [-0.1, -0.05) is 18.2 Å². The lowest BCUT2D eigenvalue weighted by atomic mass is 10.1. The van der Waals surface area contributed by atoms with Crippen molar-refractivity contribution in [1.82, 2.24) is 29.2 Å². The van der Waals surface area contributed by atoms with Crippen molar-refractivity contribution in [3.05, 3.63) is 48.6 Å². The van der Waals surface area contributed by atoms with Gasteiger partial charge >= 0.3 is 0 Å². The minimum atomic E-state index is -0.610. The Kier molecular flexibility index (Phi) is 5.09. The number of nitrogens with two attached hydrogens (primary N) is 1. The van der Waals surface area contributed by atoms with E-state index >= 15 is 0 Å². The van der Waals surface area contributed by atoms with Gasteiger partial charge in [0.15, 0.2) is 6.35 Å². The Morgan fingerprint density at radius 2 is 2.16 bits per heavy atom. The number of aromatic nitrogens is 4. The number of hydrogen-bond donors (Lipinski definition) is 3. The third kappa shape index (κ3) is 3.31. The van der Waals surface area contributed by atoms with E-state index in [0.29, 0.717) is 12.4 Å². The summed E-state index contributed by atoms with van der Waals surface area (Å²) in [6, 6.07) is 7.98. The van der Waals surface area contributed by atoms with Gasteiger partial charge in [-0.15, -0.1) is 0 Å². The summed E-state index contributed by atoms with van der Waals surface area (Å²) in [6.07, 6.45) is 5.87. The van der Waals surface area contributed by atoms with Crippen molar-refractivity contribution < 1.29 is 9.84 Å². The van der Waals surface area contributed by atoms with Crippen molar-refractivity contribution in [3.8, 4) is 17.1 Å². The van der Waals surface area contributed by atoms with Gasteiger partial charge in [0.25, 0.3) is 0 Å². The number of aliphatic hydroxyl groups is 1. The van der Waals surface area contributed by atoms with Crippen LogP contribution in [0.3, 0.4) is 0 Å². The van der Waals surface area contributed by atoms with E-state index in [9.17, 15) is 5.11 Å². The maximum atomic E-state index is 10.3. The lowest BCUT2D eigenvalue weighted by Gasteiger charge is -2.33. The molecule has 1 aromatic carbocycles. The first-order valence-electron chi connectivity index (χ1n) is 10.5. The average molecular weight is 434 g/mol. The number of rotatable bonds is 5. The molecule has 1 atom stereocenters. The van der Waals surface area contributed by atoms with Crippen LogP contribution in [0.1, 0.15) is 12.2 Å². The number of nitrogen functional groups attached to an aromatic ring is 1. The number of ether oxygens (including phenoxy) is 1. The highest BCUT2D eigenvalue weighted by molar-refractivity contribution is 5.94. The molecular formula is C23H27N7O2. The number of H-pyrrole nitrogens is 1. The second-order valence-corrected chi connectivity index (χ2v) is 8.21. The van der Waals surface area contributed by atoms with Crippen molar-refractivity contribution in [2.45, 2.75) is 12.8 Å². The number of imidazole rings is 1. The Labute approximate surface area is 185 Å². The first-order chi connectivity index (χ1) is 15.5. The van der Waals surface area contributed by atoms with Gasteiger partial charge in [0.05, 0.1) is 18.3 Å². The van der Waals surface area contributed by atoms with Gasteiger partial charge in [-0.3, -0.25) is 14.2 Å². The van der Waals surface area contributed by atoms with Crippen LogP contribution in [0, 0.1) is 0 Å². The smallest absolute Gasteiger partial charge is 0.165 e. The van der Waals surface area contributed by atoms with E-state index in [2.05, 4.69) is 22.1 Å². The van der Waals surface area contributed by atoms with Crippen LogP contribution < -0.4 is 10.5 Å². The maximum Gasteiger partial charge on any atom is 0.165 e. The Bertz CT molecular complexity index is 1320. The zero-order chi connectivity index (χ0) is 22.4. The summed E-state index contributed by atoms with van der Waals surface area (Å²) < 4.78 is 7.51. The molecule has 4 aromatic rings. The molecule has 1 aliphatic heterocycles. The quantitative estimate of drug-likeness (QED) is 0.415. The minimum absolute atomic E-state index is 0.424. The molecule has 0 saturated heterocycles. The fourth-order valence-electron chi connectivity index (χ4n) is 4.33. The van der Waals surface area contributed by atoms with E-state index in [0.717, 1.165) is 57.9 Å². The van der Waals surface area contributed by atoms with Gasteiger partial charge in [0.2, 0.25) is 0 Å². The second-order valence-electron chi connectivity index (χ2n) is 8.21. The third-order valence-electron chi connectivity index (χ3n) is 5.99. The molecule has 1 unspecified atom stereocenters. The van der Waals surface area contributed by atoms with Crippen LogP contribution in [0.15, 0.2) is 42.7 Å². The van der Waals surface area contributed by atoms with Crippen LogP contribution in [0.2, 0.25) is 0 Å². The number of aromatic amines is 1. The molecular weight excluding hydrogens is 406 g/mol. The van der Waals surface area contributed by atoms with E-state index in [1.165, 1.54) is 0 Å². The first-order valence-corrected chi connectivity index (χ1v) is 10.5. The Balaban J connectivity index is 1.61. The largest absolute Gasteiger partial charge is 0.495 e. The molecule has 4 heterocycles. The SMILES string of the molecule is COc1cccc2cc(-c3nc(C4=CCN(C(O)N(C)C)CC4)n4ccnc(N)c34)[nH]c12. The molecule has 9 nitrogen and oxygen atoms in total. The van der Waals surface area contributed by atoms with E-state index in [1.54, 1.807) is 18.2 Å². The van der Waals surface area contributed by atoms with Crippen molar-refractivity contribution >= 4 is 27.8 Å². The van der Waals surface area contributed by atoms with Crippen molar-refractivity contribution in [2.75, 3.05) is 40.0 Å². The zero-order valence-electron chi connectivity index (χ0n) is 18.4. The van der Waals surface area contributed by atoms with Gasteiger partial charge in [-0.25, -0.2) is 9.97 Å². The molecule has 9 heteroatoms. The van der Waals surface area contributed by atoms with Crippen LogP contribution >= 0.6 is 0 Å². The fraction of sp³-hybridized carbons (Fsp3) is 0.304. The molecule has 0 aliphatic carbocycles. The van der Waals surface area contributed by atoms with Crippen LogP contribution in [0.4, 0.5) is 5.82 Å². The fourth-order valence-corrected chi connectivity index (χ4v) is 4.33. The number of aliphatic hydroxyl groups excluding tert-OH is 1. The normalized spacial score (nSPS) is 16.1. The lowest BCUT2D eigenvalue weighted by molar-refractivity contribution is -0.0853. The molecule has 0 bridgehead atoms. The van der Waals surface area contributed by atoms with E-state index in [1.807, 2.05) is 47.8 Å². The number of benzene rings is 1. The van der Waals surface area contributed by atoms with Crippen LogP contribution in [-0.4, -0.2) is 74.9 Å². The van der Waals surface area contributed by atoms with Crippen LogP contribution in [0.25, 0.3) is 33.4 Å². The second kappa shape index (κ2) is 7.94. The Morgan fingerprint density at radius 1 is 1.31 bits per heavy atom. The van der Waals surface area contributed by atoms with E-state index in [-0.39, 0.29) is 0 Å². The summed E-state index contributed by atoms with van der Waals surface area (Å²) in [5, 5.41) is 11.4. The highest BCUT2D eigenvalue weighted by Crippen LogP contribution is 2.35. The first kappa shape index (κ1) is 20.5. The summed E-state index contributed by atoms with van der Waals surface area (Å²) in [6.45, 7) is 1.38. The monoisotopic (exact) mass is 433 g/mol. The summed E-state index contributed by atoms with van der Waals surface area (Å²) in [5.74, 6) is 2.04. The summed E-state index contributed by atoms with van der Waals surface area (Å²) in [4.78, 5) is 16.6.